The normalized spacial score (nSPS) is 24.7. The molecule has 0 saturated heterocycles. The van der Waals surface area contributed by atoms with Crippen LogP contribution in [0.2, 0.25) is 0 Å². The maximum atomic E-state index is 15.6. The molecule has 1 fully saturated rings. The van der Waals surface area contributed by atoms with E-state index in [0.29, 0.717) is 23.9 Å². The molecule has 29 heavy (non-hydrogen) atoms. The quantitative estimate of drug-likeness (QED) is 0.713. The summed E-state index contributed by atoms with van der Waals surface area (Å²) in [5.74, 6) is -0.510. The van der Waals surface area contributed by atoms with Gasteiger partial charge in [0.25, 0.3) is 0 Å². The summed E-state index contributed by atoms with van der Waals surface area (Å²) in [6.07, 6.45) is 7.43. The zero-order valence-corrected chi connectivity index (χ0v) is 18.3. The molecule has 0 aromatic carbocycles. The second kappa shape index (κ2) is 7.35. The molecule has 2 aliphatic rings. The molecule has 6 nitrogen and oxygen atoms in total. The van der Waals surface area contributed by atoms with Crippen LogP contribution < -0.4 is 5.73 Å². The standard InChI is InChI=1S/C22H33FN4O2/c1-14(2)29-19(28)22(24,12-20(3,4)5)21(6)10-9-15(11-17(21)23)18-25-13-27(26-18)16-7-8-16/h9,11,13-14,16H,7-8,10,12,24H2,1-6H3. The van der Waals surface area contributed by atoms with Gasteiger partial charge >= 0.3 is 5.97 Å². The molecule has 2 N–H and O–H groups in total. The number of rotatable bonds is 6. The van der Waals surface area contributed by atoms with Gasteiger partial charge in [-0.2, -0.15) is 5.10 Å². The molecule has 2 unspecified atom stereocenters. The van der Waals surface area contributed by atoms with Crippen molar-refractivity contribution >= 4 is 11.5 Å². The highest BCUT2D eigenvalue weighted by Gasteiger charge is 2.56. The Morgan fingerprint density at radius 3 is 2.59 bits per heavy atom. The van der Waals surface area contributed by atoms with E-state index in [1.165, 1.54) is 6.08 Å². The molecule has 3 rings (SSSR count). The molecule has 1 aromatic heterocycles. The number of carbonyl (C=O) groups is 1. The van der Waals surface area contributed by atoms with Gasteiger partial charge in [0.2, 0.25) is 0 Å². The predicted molar refractivity (Wildman–Crippen MR) is 110 cm³/mol. The van der Waals surface area contributed by atoms with Crippen LogP contribution in [0.5, 0.6) is 0 Å². The number of nitrogens with zero attached hydrogens (tertiary/aromatic N) is 3. The van der Waals surface area contributed by atoms with Gasteiger partial charge in [0.05, 0.1) is 17.6 Å². The van der Waals surface area contributed by atoms with Gasteiger partial charge < -0.3 is 10.5 Å². The fourth-order valence-corrected chi connectivity index (χ4v) is 3.89. The lowest BCUT2D eigenvalue weighted by atomic mass is 9.61. The third-order valence-electron chi connectivity index (χ3n) is 5.73. The first kappa shape index (κ1) is 21.7. The lowest BCUT2D eigenvalue weighted by Gasteiger charge is -2.47. The van der Waals surface area contributed by atoms with Gasteiger partial charge in [-0.15, -0.1) is 0 Å². The van der Waals surface area contributed by atoms with Crippen LogP contribution in [0, 0.1) is 10.8 Å². The van der Waals surface area contributed by atoms with Gasteiger partial charge in [0.1, 0.15) is 17.7 Å². The van der Waals surface area contributed by atoms with Crippen LogP contribution in [-0.2, 0) is 9.53 Å². The average Bonchev–Trinajstić information content (AvgIpc) is 3.32. The molecule has 1 aromatic rings. The van der Waals surface area contributed by atoms with Crippen molar-refractivity contribution in [1.29, 1.82) is 0 Å². The van der Waals surface area contributed by atoms with Crippen LogP contribution in [-0.4, -0.2) is 32.4 Å². The predicted octanol–water partition coefficient (Wildman–Crippen LogP) is 4.35. The largest absolute Gasteiger partial charge is 0.462 e. The summed E-state index contributed by atoms with van der Waals surface area (Å²) >= 11 is 0. The summed E-state index contributed by atoms with van der Waals surface area (Å²) in [5.41, 5.74) is 4.31. The molecule has 160 valence electrons. The molecule has 1 heterocycles. The van der Waals surface area contributed by atoms with Gasteiger partial charge in [-0.25, -0.2) is 14.1 Å². The van der Waals surface area contributed by atoms with E-state index in [0.717, 1.165) is 12.8 Å². The van der Waals surface area contributed by atoms with Gasteiger partial charge in [0.15, 0.2) is 5.82 Å². The van der Waals surface area contributed by atoms with Gasteiger partial charge in [-0.1, -0.05) is 33.8 Å². The van der Waals surface area contributed by atoms with Crippen molar-refractivity contribution in [3.8, 4) is 0 Å². The van der Waals surface area contributed by atoms with Crippen LogP contribution in [0.3, 0.4) is 0 Å². The fourth-order valence-electron chi connectivity index (χ4n) is 3.89. The van der Waals surface area contributed by atoms with Crippen molar-refractivity contribution in [2.45, 2.75) is 84.9 Å². The van der Waals surface area contributed by atoms with E-state index in [2.05, 4.69) is 10.1 Å². The number of esters is 1. The van der Waals surface area contributed by atoms with Crippen molar-refractivity contribution in [3.63, 3.8) is 0 Å². The summed E-state index contributed by atoms with van der Waals surface area (Å²) in [5, 5.41) is 4.48. The maximum Gasteiger partial charge on any atom is 0.327 e. The summed E-state index contributed by atoms with van der Waals surface area (Å²) in [6.45, 7) is 11.2. The second-order valence-corrected chi connectivity index (χ2v) is 10.1. The van der Waals surface area contributed by atoms with Crippen molar-refractivity contribution in [2.75, 3.05) is 0 Å². The molecular formula is C22H33FN4O2. The first-order chi connectivity index (χ1) is 13.4. The minimum atomic E-state index is -1.50. The van der Waals surface area contributed by atoms with Crippen molar-refractivity contribution < 1.29 is 13.9 Å². The first-order valence-electron chi connectivity index (χ1n) is 10.3. The van der Waals surface area contributed by atoms with Crippen LogP contribution in [0.25, 0.3) is 5.57 Å². The Balaban J connectivity index is 1.92. The van der Waals surface area contributed by atoms with Gasteiger partial charge in [-0.3, -0.25) is 4.79 Å². The molecule has 2 aliphatic carbocycles. The molecule has 1 saturated carbocycles. The Hall–Kier alpha value is -2.02. The summed E-state index contributed by atoms with van der Waals surface area (Å²) in [6, 6.07) is 0.411. The van der Waals surface area contributed by atoms with E-state index >= 15 is 4.39 Å². The van der Waals surface area contributed by atoms with Crippen LogP contribution in [0.4, 0.5) is 4.39 Å². The third-order valence-corrected chi connectivity index (χ3v) is 5.73. The summed E-state index contributed by atoms with van der Waals surface area (Å²) in [4.78, 5) is 17.4. The molecule has 0 aliphatic heterocycles. The zero-order valence-electron chi connectivity index (χ0n) is 18.3. The monoisotopic (exact) mass is 404 g/mol. The third kappa shape index (κ3) is 4.29. The highest BCUT2D eigenvalue weighted by molar-refractivity contribution is 5.84. The highest BCUT2D eigenvalue weighted by atomic mass is 19.1. The number of carbonyl (C=O) groups excluding carboxylic acids is 1. The maximum absolute atomic E-state index is 15.6. The number of ether oxygens (including phenoxy) is 1. The lowest BCUT2D eigenvalue weighted by molar-refractivity contribution is -0.161. The van der Waals surface area contributed by atoms with E-state index in [1.54, 1.807) is 27.1 Å². The van der Waals surface area contributed by atoms with Crippen LogP contribution in [0.1, 0.15) is 79.1 Å². The average molecular weight is 405 g/mol. The van der Waals surface area contributed by atoms with Crippen molar-refractivity contribution in [3.05, 3.63) is 30.1 Å². The fraction of sp³-hybridized carbons (Fsp3) is 0.682. The summed E-state index contributed by atoms with van der Waals surface area (Å²) < 4.78 is 22.9. The Bertz CT molecular complexity index is 847. The van der Waals surface area contributed by atoms with E-state index in [9.17, 15) is 4.79 Å². The first-order valence-corrected chi connectivity index (χ1v) is 10.3. The molecule has 0 radical (unpaired) electrons. The van der Waals surface area contributed by atoms with E-state index in [1.807, 2.05) is 31.5 Å². The smallest absolute Gasteiger partial charge is 0.327 e. The molecule has 0 amide bonds. The summed E-state index contributed by atoms with van der Waals surface area (Å²) in [7, 11) is 0. The van der Waals surface area contributed by atoms with Crippen molar-refractivity contribution in [2.24, 2.45) is 16.6 Å². The Morgan fingerprint density at radius 2 is 2.07 bits per heavy atom. The van der Waals surface area contributed by atoms with Crippen LogP contribution in [0.15, 0.2) is 24.3 Å². The number of hydrogen-bond acceptors (Lipinski definition) is 5. The van der Waals surface area contributed by atoms with Crippen LogP contribution >= 0.6 is 0 Å². The highest BCUT2D eigenvalue weighted by Crippen LogP contribution is 2.50. The van der Waals surface area contributed by atoms with Gasteiger partial charge in [0, 0.05) is 5.57 Å². The Labute approximate surface area is 172 Å². The topological polar surface area (TPSA) is 83.0 Å². The number of allylic oxidation sites excluding steroid dienone is 3. The second-order valence-electron chi connectivity index (χ2n) is 10.1. The van der Waals surface area contributed by atoms with E-state index in [4.69, 9.17) is 10.5 Å². The lowest BCUT2D eigenvalue weighted by Crippen LogP contribution is -2.63. The van der Waals surface area contributed by atoms with E-state index in [-0.39, 0.29) is 17.9 Å². The minimum absolute atomic E-state index is 0.266. The number of aromatic nitrogens is 3. The number of nitrogens with two attached hydrogens (primary N) is 1. The molecular weight excluding hydrogens is 371 g/mol. The van der Waals surface area contributed by atoms with Gasteiger partial charge in [-0.05, 0) is 51.0 Å². The number of hydrogen-bond donors (Lipinski definition) is 1. The molecule has 0 bridgehead atoms. The Kier molecular flexibility index (Phi) is 5.49. The zero-order chi connectivity index (χ0) is 21.6. The SMILES string of the molecule is CC(C)OC(=O)C(N)(CC(C)(C)C)C1(C)CC=C(c2ncn(C3CC3)n2)C=C1F. The Morgan fingerprint density at radius 1 is 1.41 bits per heavy atom. The molecule has 7 heteroatoms. The molecule has 0 spiro atoms. The minimum Gasteiger partial charge on any atom is -0.462 e. The van der Waals surface area contributed by atoms with E-state index < -0.39 is 22.8 Å². The number of halogens is 1. The molecule has 2 atom stereocenters. The van der Waals surface area contributed by atoms with Crippen molar-refractivity contribution in [1.82, 2.24) is 14.8 Å².